The highest BCUT2D eigenvalue weighted by atomic mass is 35.5. The molecule has 0 bridgehead atoms. The molecule has 1 aliphatic rings. The van der Waals surface area contributed by atoms with Crippen molar-refractivity contribution in [2.45, 2.75) is 45.6 Å². The van der Waals surface area contributed by atoms with E-state index in [2.05, 4.69) is 13.8 Å². The number of rotatable bonds is 4. The molecule has 1 fully saturated rings. The number of nitrogens with two attached hydrogens (primary N) is 1. The Morgan fingerprint density at radius 1 is 1.21 bits per heavy atom. The summed E-state index contributed by atoms with van der Waals surface area (Å²) in [5, 5.41) is 0. The van der Waals surface area contributed by atoms with Crippen LogP contribution in [0.2, 0.25) is 0 Å². The molecule has 1 aliphatic carbocycles. The van der Waals surface area contributed by atoms with Gasteiger partial charge in [0.1, 0.15) is 0 Å². The first kappa shape index (κ1) is 14.2. The summed E-state index contributed by atoms with van der Waals surface area (Å²) in [4.78, 5) is 0. The molecule has 0 atom stereocenters. The topological polar surface area (TPSA) is 35.2 Å². The van der Waals surface area contributed by atoms with Crippen LogP contribution in [0.1, 0.15) is 39.5 Å². The summed E-state index contributed by atoms with van der Waals surface area (Å²) in [6.45, 7) is 6.24. The van der Waals surface area contributed by atoms with E-state index in [1.165, 1.54) is 25.7 Å². The smallest absolute Gasteiger partial charge is 0.0494 e. The van der Waals surface area contributed by atoms with Crippen LogP contribution in [0.4, 0.5) is 0 Å². The van der Waals surface area contributed by atoms with Gasteiger partial charge >= 0.3 is 0 Å². The van der Waals surface area contributed by atoms with Gasteiger partial charge in [0, 0.05) is 19.3 Å². The molecule has 0 saturated heterocycles. The molecule has 2 N–H and O–H groups in total. The van der Waals surface area contributed by atoms with Gasteiger partial charge in [-0.25, -0.2) is 0 Å². The molecular weight excluding hydrogens is 198 g/mol. The third-order valence-electron chi connectivity index (χ3n) is 2.70. The normalized spacial score (nSPS) is 27.4. The van der Waals surface area contributed by atoms with Crippen molar-refractivity contribution in [1.82, 2.24) is 0 Å². The first-order valence-corrected chi connectivity index (χ1v) is 5.51. The van der Waals surface area contributed by atoms with Gasteiger partial charge in [0.15, 0.2) is 0 Å². The van der Waals surface area contributed by atoms with Crippen LogP contribution in [0.3, 0.4) is 0 Å². The third kappa shape index (κ3) is 5.84. The van der Waals surface area contributed by atoms with Gasteiger partial charge in [-0.3, -0.25) is 0 Å². The highest BCUT2D eigenvalue weighted by Crippen LogP contribution is 2.23. The van der Waals surface area contributed by atoms with Crippen LogP contribution in [0.25, 0.3) is 0 Å². The summed E-state index contributed by atoms with van der Waals surface area (Å²) < 4.78 is 5.63. The molecule has 0 spiro atoms. The SMILES string of the molecule is CC(C)COCC1CCC(N)CC1.Cl. The zero-order valence-electron chi connectivity index (χ0n) is 9.37. The van der Waals surface area contributed by atoms with Gasteiger partial charge in [-0.05, 0) is 37.5 Å². The van der Waals surface area contributed by atoms with Gasteiger partial charge in [-0.15, -0.1) is 12.4 Å². The second-order valence-electron chi connectivity index (χ2n) is 4.71. The highest BCUT2D eigenvalue weighted by Gasteiger charge is 2.18. The predicted octanol–water partition coefficient (Wildman–Crippen LogP) is 2.60. The molecule has 3 heteroatoms. The largest absolute Gasteiger partial charge is 0.381 e. The molecule has 0 aromatic heterocycles. The maximum atomic E-state index is 5.83. The third-order valence-corrected chi connectivity index (χ3v) is 2.70. The van der Waals surface area contributed by atoms with Crippen LogP contribution in [-0.2, 0) is 4.74 Å². The maximum absolute atomic E-state index is 5.83. The van der Waals surface area contributed by atoms with E-state index in [-0.39, 0.29) is 12.4 Å². The van der Waals surface area contributed by atoms with Gasteiger partial charge in [-0.2, -0.15) is 0 Å². The van der Waals surface area contributed by atoms with Crippen LogP contribution in [-0.4, -0.2) is 19.3 Å². The van der Waals surface area contributed by atoms with Crippen LogP contribution >= 0.6 is 12.4 Å². The lowest BCUT2D eigenvalue weighted by Gasteiger charge is -2.26. The van der Waals surface area contributed by atoms with E-state index in [1.807, 2.05) is 0 Å². The monoisotopic (exact) mass is 221 g/mol. The van der Waals surface area contributed by atoms with Crippen LogP contribution in [0.5, 0.6) is 0 Å². The van der Waals surface area contributed by atoms with Gasteiger partial charge in [-0.1, -0.05) is 13.8 Å². The van der Waals surface area contributed by atoms with E-state index in [4.69, 9.17) is 10.5 Å². The van der Waals surface area contributed by atoms with E-state index in [1.54, 1.807) is 0 Å². The van der Waals surface area contributed by atoms with E-state index in [0.717, 1.165) is 19.1 Å². The zero-order valence-corrected chi connectivity index (χ0v) is 10.2. The molecular formula is C11H24ClNO. The Labute approximate surface area is 94.0 Å². The average molecular weight is 222 g/mol. The number of ether oxygens (including phenoxy) is 1. The van der Waals surface area contributed by atoms with Crippen molar-refractivity contribution in [3.8, 4) is 0 Å². The van der Waals surface area contributed by atoms with Crippen molar-refractivity contribution >= 4 is 12.4 Å². The lowest BCUT2D eigenvalue weighted by atomic mass is 9.87. The Hall–Kier alpha value is 0.210. The lowest BCUT2D eigenvalue weighted by Crippen LogP contribution is -2.28. The first-order chi connectivity index (χ1) is 6.18. The molecule has 14 heavy (non-hydrogen) atoms. The van der Waals surface area contributed by atoms with Crippen molar-refractivity contribution in [2.24, 2.45) is 17.6 Å². The Morgan fingerprint density at radius 3 is 2.29 bits per heavy atom. The Bertz CT molecular complexity index is 133. The number of hydrogen-bond acceptors (Lipinski definition) is 2. The summed E-state index contributed by atoms with van der Waals surface area (Å²) in [5.41, 5.74) is 5.83. The fourth-order valence-corrected chi connectivity index (χ4v) is 1.83. The second kappa shape index (κ2) is 7.49. The van der Waals surface area contributed by atoms with Crippen molar-refractivity contribution in [1.29, 1.82) is 0 Å². The summed E-state index contributed by atoms with van der Waals surface area (Å²) in [6, 6.07) is 0.460. The molecule has 0 aromatic carbocycles. The van der Waals surface area contributed by atoms with Gasteiger partial charge in [0.25, 0.3) is 0 Å². The number of halogens is 1. The minimum atomic E-state index is 0. The summed E-state index contributed by atoms with van der Waals surface area (Å²) in [6.07, 6.45) is 4.91. The first-order valence-electron chi connectivity index (χ1n) is 5.51. The predicted molar refractivity (Wildman–Crippen MR) is 62.8 cm³/mol. The highest BCUT2D eigenvalue weighted by molar-refractivity contribution is 5.85. The fraction of sp³-hybridized carbons (Fsp3) is 1.00. The van der Waals surface area contributed by atoms with Crippen molar-refractivity contribution < 1.29 is 4.74 Å². The molecule has 0 heterocycles. The molecule has 2 nitrogen and oxygen atoms in total. The quantitative estimate of drug-likeness (QED) is 0.792. The zero-order chi connectivity index (χ0) is 9.68. The summed E-state index contributed by atoms with van der Waals surface area (Å²) in [5.74, 6) is 1.43. The van der Waals surface area contributed by atoms with Crippen molar-refractivity contribution in [2.75, 3.05) is 13.2 Å². The van der Waals surface area contributed by atoms with E-state index in [0.29, 0.717) is 12.0 Å². The number of hydrogen-bond donors (Lipinski definition) is 1. The van der Waals surface area contributed by atoms with Crippen LogP contribution in [0.15, 0.2) is 0 Å². The van der Waals surface area contributed by atoms with Crippen LogP contribution in [0, 0.1) is 11.8 Å². The van der Waals surface area contributed by atoms with E-state index >= 15 is 0 Å². The van der Waals surface area contributed by atoms with Crippen molar-refractivity contribution in [3.05, 3.63) is 0 Å². The Morgan fingerprint density at radius 2 is 1.79 bits per heavy atom. The summed E-state index contributed by atoms with van der Waals surface area (Å²) >= 11 is 0. The summed E-state index contributed by atoms with van der Waals surface area (Å²) in [7, 11) is 0. The Kier molecular flexibility index (Phi) is 7.61. The molecule has 86 valence electrons. The standard InChI is InChI=1S/C11H23NO.ClH/c1-9(2)7-13-8-10-3-5-11(12)6-4-10;/h9-11H,3-8,12H2,1-2H3;1H. The molecule has 1 saturated carbocycles. The molecule has 0 unspecified atom stereocenters. The molecule has 1 rings (SSSR count). The lowest BCUT2D eigenvalue weighted by molar-refractivity contribution is 0.0659. The van der Waals surface area contributed by atoms with Gasteiger partial charge in [0.05, 0.1) is 0 Å². The van der Waals surface area contributed by atoms with E-state index < -0.39 is 0 Å². The van der Waals surface area contributed by atoms with Gasteiger partial charge < -0.3 is 10.5 Å². The molecule has 0 amide bonds. The molecule has 0 aromatic rings. The molecule has 0 radical (unpaired) electrons. The molecule has 0 aliphatic heterocycles. The van der Waals surface area contributed by atoms with Gasteiger partial charge in [0.2, 0.25) is 0 Å². The van der Waals surface area contributed by atoms with E-state index in [9.17, 15) is 0 Å². The van der Waals surface area contributed by atoms with Crippen molar-refractivity contribution in [3.63, 3.8) is 0 Å². The Balaban J connectivity index is 0.00000169. The maximum Gasteiger partial charge on any atom is 0.0494 e. The fourth-order valence-electron chi connectivity index (χ4n) is 1.83. The minimum Gasteiger partial charge on any atom is -0.381 e. The van der Waals surface area contributed by atoms with Crippen LogP contribution < -0.4 is 5.73 Å². The minimum absolute atomic E-state index is 0. The average Bonchev–Trinajstić information content (AvgIpc) is 2.08. The second-order valence-corrected chi connectivity index (χ2v) is 4.71.